The summed E-state index contributed by atoms with van der Waals surface area (Å²) in [5.74, 6) is 0.0475. The van der Waals surface area contributed by atoms with Crippen molar-refractivity contribution in [2.75, 3.05) is 5.01 Å². The molecule has 0 fully saturated rings. The summed E-state index contributed by atoms with van der Waals surface area (Å²) < 4.78 is 0. The van der Waals surface area contributed by atoms with Crippen LogP contribution in [0, 0.1) is 6.92 Å². The van der Waals surface area contributed by atoms with E-state index in [0.29, 0.717) is 6.42 Å². The molecule has 0 unspecified atom stereocenters. The minimum Gasteiger partial charge on any atom is -0.272 e. The molecular formula is C13H18N2O. The Morgan fingerprint density at radius 3 is 2.12 bits per heavy atom. The van der Waals surface area contributed by atoms with Gasteiger partial charge in [-0.05, 0) is 26.0 Å². The van der Waals surface area contributed by atoms with Crippen molar-refractivity contribution in [1.29, 1.82) is 0 Å². The Bertz CT molecular complexity index is 393. The first-order chi connectivity index (χ1) is 7.66. The molecule has 1 aromatic carbocycles. The summed E-state index contributed by atoms with van der Waals surface area (Å²) in [6.07, 6.45) is 0.438. The van der Waals surface area contributed by atoms with Gasteiger partial charge in [0.25, 0.3) is 5.91 Å². The molecule has 0 spiro atoms. The van der Waals surface area contributed by atoms with Crippen LogP contribution in [0.5, 0.6) is 0 Å². The van der Waals surface area contributed by atoms with Gasteiger partial charge in [0.15, 0.2) is 0 Å². The molecule has 0 aromatic heterocycles. The SMILES string of the molecule is CC.CC1=NN(c2ccc(C)cc2)C(=O)C1. The number of aryl methyl sites for hydroxylation is 1. The zero-order chi connectivity index (χ0) is 12.1. The van der Waals surface area contributed by atoms with E-state index in [9.17, 15) is 4.79 Å². The fraction of sp³-hybridized carbons (Fsp3) is 0.385. The minimum absolute atomic E-state index is 0.0475. The van der Waals surface area contributed by atoms with E-state index < -0.39 is 0 Å². The van der Waals surface area contributed by atoms with E-state index in [1.165, 1.54) is 10.6 Å². The van der Waals surface area contributed by atoms with Crippen LogP contribution in [-0.2, 0) is 4.79 Å². The number of anilines is 1. The fourth-order valence-electron chi connectivity index (χ4n) is 1.44. The second-order valence-electron chi connectivity index (χ2n) is 3.55. The van der Waals surface area contributed by atoms with Gasteiger partial charge in [-0.2, -0.15) is 5.10 Å². The van der Waals surface area contributed by atoms with Crippen LogP contribution in [0.3, 0.4) is 0 Å². The summed E-state index contributed by atoms with van der Waals surface area (Å²) in [6.45, 7) is 7.89. The summed E-state index contributed by atoms with van der Waals surface area (Å²) in [7, 11) is 0. The van der Waals surface area contributed by atoms with Gasteiger partial charge < -0.3 is 0 Å². The van der Waals surface area contributed by atoms with Gasteiger partial charge in [0.1, 0.15) is 0 Å². The number of amides is 1. The molecule has 1 heterocycles. The van der Waals surface area contributed by atoms with E-state index >= 15 is 0 Å². The Labute approximate surface area is 96.8 Å². The Morgan fingerprint density at radius 2 is 1.69 bits per heavy atom. The third kappa shape index (κ3) is 2.69. The Kier molecular flexibility index (Phi) is 4.23. The van der Waals surface area contributed by atoms with E-state index in [1.54, 1.807) is 0 Å². The molecule has 0 saturated carbocycles. The molecule has 2 rings (SSSR count). The summed E-state index contributed by atoms with van der Waals surface area (Å²) in [5.41, 5.74) is 2.90. The lowest BCUT2D eigenvalue weighted by atomic mass is 10.2. The topological polar surface area (TPSA) is 32.7 Å². The lowest BCUT2D eigenvalue weighted by molar-refractivity contribution is -0.116. The van der Waals surface area contributed by atoms with Gasteiger partial charge in [-0.25, -0.2) is 5.01 Å². The van der Waals surface area contributed by atoms with Crippen molar-refractivity contribution in [2.45, 2.75) is 34.1 Å². The second kappa shape index (κ2) is 5.45. The van der Waals surface area contributed by atoms with Gasteiger partial charge in [0.05, 0.1) is 12.1 Å². The van der Waals surface area contributed by atoms with Crippen LogP contribution in [-0.4, -0.2) is 11.6 Å². The predicted molar refractivity (Wildman–Crippen MR) is 67.7 cm³/mol. The van der Waals surface area contributed by atoms with Crippen LogP contribution >= 0.6 is 0 Å². The first-order valence-electron chi connectivity index (χ1n) is 5.60. The molecule has 16 heavy (non-hydrogen) atoms. The lowest BCUT2D eigenvalue weighted by Gasteiger charge is -2.11. The van der Waals surface area contributed by atoms with E-state index in [4.69, 9.17) is 0 Å². The highest BCUT2D eigenvalue weighted by Crippen LogP contribution is 2.20. The summed E-state index contributed by atoms with van der Waals surface area (Å²) >= 11 is 0. The van der Waals surface area contributed by atoms with Crippen molar-refractivity contribution >= 4 is 17.3 Å². The van der Waals surface area contributed by atoms with Crippen LogP contribution in [0.4, 0.5) is 5.69 Å². The minimum atomic E-state index is 0.0475. The van der Waals surface area contributed by atoms with E-state index in [1.807, 2.05) is 52.0 Å². The molecular weight excluding hydrogens is 200 g/mol. The highest BCUT2D eigenvalue weighted by atomic mass is 16.2. The van der Waals surface area contributed by atoms with Gasteiger partial charge in [-0.15, -0.1) is 0 Å². The van der Waals surface area contributed by atoms with Crippen LogP contribution in [0.1, 0.15) is 32.8 Å². The third-order valence-corrected chi connectivity index (χ3v) is 2.19. The van der Waals surface area contributed by atoms with E-state index in [-0.39, 0.29) is 5.91 Å². The Balaban J connectivity index is 0.000000606. The third-order valence-electron chi connectivity index (χ3n) is 2.19. The molecule has 1 aliphatic heterocycles. The summed E-state index contributed by atoms with van der Waals surface area (Å²) in [4.78, 5) is 11.5. The first-order valence-corrected chi connectivity index (χ1v) is 5.60. The molecule has 0 atom stereocenters. The van der Waals surface area contributed by atoms with Gasteiger partial charge in [-0.3, -0.25) is 4.79 Å². The zero-order valence-electron chi connectivity index (χ0n) is 10.3. The lowest BCUT2D eigenvalue weighted by Crippen LogP contribution is -2.19. The number of nitrogens with zero attached hydrogens (tertiary/aromatic N) is 2. The zero-order valence-corrected chi connectivity index (χ0v) is 10.3. The van der Waals surface area contributed by atoms with E-state index in [0.717, 1.165) is 11.4 Å². The quantitative estimate of drug-likeness (QED) is 0.712. The number of carbonyl (C=O) groups excluding carboxylic acids is 1. The van der Waals surface area contributed by atoms with Crippen LogP contribution < -0.4 is 5.01 Å². The molecule has 0 bridgehead atoms. The van der Waals surface area contributed by atoms with Crippen molar-refractivity contribution in [1.82, 2.24) is 0 Å². The molecule has 3 heteroatoms. The van der Waals surface area contributed by atoms with Gasteiger partial charge in [-0.1, -0.05) is 31.5 Å². The maximum Gasteiger partial charge on any atom is 0.253 e. The van der Waals surface area contributed by atoms with Crippen molar-refractivity contribution in [2.24, 2.45) is 5.10 Å². The summed E-state index contributed by atoms with van der Waals surface area (Å²) in [5, 5.41) is 5.64. The van der Waals surface area contributed by atoms with Gasteiger partial charge in [0.2, 0.25) is 0 Å². The number of hydrazone groups is 1. The van der Waals surface area contributed by atoms with Crippen molar-refractivity contribution in [3.05, 3.63) is 29.8 Å². The molecule has 86 valence electrons. The Morgan fingerprint density at radius 1 is 1.12 bits per heavy atom. The molecule has 0 N–H and O–H groups in total. The smallest absolute Gasteiger partial charge is 0.253 e. The molecule has 0 saturated heterocycles. The van der Waals surface area contributed by atoms with Gasteiger partial charge in [0, 0.05) is 5.71 Å². The maximum absolute atomic E-state index is 11.5. The first kappa shape index (κ1) is 12.4. The predicted octanol–water partition coefficient (Wildman–Crippen LogP) is 3.13. The van der Waals surface area contributed by atoms with E-state index in [2.05, 4.69) is 5.10 Å². The van der Waals surface area contributed by atoms with Crippen LogP contribution in [0.15, 0.2) is 29.4 Å². The highest BCUT2D eigenvalue weighted by molar-refractivity contribution is 6.12. The number of benzene rings is 1. The van der Waals surface area contributed by atoms with Gasteiger partial charge >= 0.3 is 0 Å². The fourth-order valence-corrected chi connectivity index (χ4v) is 1.44. The van der Waals surface area contributed by atoms with Crippen LogP contribution in [0.25, 0.3) is 0 Å². The number of hydrogen-bond acceptors (Lipinski definition) is 2. The average molecular weight is 218 g/mol. The van der Waals surface area contributed by atoms with Crippen molar-refractivity contribution < 1.29 is 4.79 Å². The van der Waals surface area contributed by atoms with Crippen LogP contribution in [0.2, 0.25) is 0 Å². The molecule has 0 aliphatic carbocycles. The monoisotopic (exact) mass is 218 g/mol. The average Bonchev–Trinajstić information content (AvgIpc) is 2.62. The molecule has 0 radical (unpaired) electrons. The molecule has 1 aliphatic rings. The second-order valence-corrected chi connectivity index (χ2v) is 3.55. The largest absolute Gasteiger partial charge is 0.272 e. The number of hydrogen-bond donors (Lipinski definition) is 0. The molecule has 3 nitrogen and oxygen atoms in total. The van der Waals surface area contributed by atoms with Crippen molar-refractivity contribution in [3.8, 4) is 0 Å². The maximum atomic E-state index is 11.5. The number of carbonyl (C=O) groups is 1. The summed E-state index contributed by atoms with van der Waals surface area (Å²) in [6, 6.07) is 7.78. The number of rotatable bonds is 1. The normalized spacial score (nSPS) is 14.4. The Hall–Kier alpha value is -1.64. The molecule has 1 amide bonds. The molecule has 1 aromatic rings. The van der Waals surface area contributed by atoms with Crippen molar-refractivity contribution in [3.63, 3.8) is 0 Å². The highest BCUT2D eigenvalue weighted by Gasteiger charge is 2.22. The standard InChI is InChI=1S/C11H12N2O.C2H6/c1-8-3-5-10(6-4-8)13-11(14)7-9(2)12-13;1-2/h3-6H,7H2,1-2H3;1-2H3.